The zero-order valence-electron chi connectivity index (χ0n) is 5.63. The Labute approximate surface area is 100 Å². The Morgan fingerprint density at radius 3 is 1.10 bits per heavy atom. The van der Waals surface area contributed by atoms with Crippen LogP contribution in [-0.4, -0.2) is 0 Å². The maximum Gasteiger partial charge on any atom is 1.00 e. The van der Waals surface area contributed by atoms with Crippen molar-refractivity contribution >= 4 is 0 Å². The van der Waals surface area contributed by atoms with Crippen molar-refractivity contribution < 1.29 is 69.3 Å². The second-order valence-electron chi connectivity index (χ2n) is 1.32. The smallest absolute Gasteiger partial charge is 0.870 e. The van der Waals surface area contributed by atoms with Gasteiger partial charge in [0.1, 0.15) is 0 Å². The molecule has 0 aliphatic carbocycles. The van der Waals surface area contributed by atoms with Crippen LogP contribution in [0.4, 0.5) is 0 Å². The van der Waals surface area contributed by atoms with Crippen LogP contribution in [0.15, 0.2) is 9.59 Å². The third kappa shape index (κ3) is 1.84. The van der Waals surface area contributed by atoms with E-state index in [9.17, 15) is 19.8 Å². The summed E-state index contributed by atoms with van der Waals surface area (Å²) in [6.45, 7) is 0. The predicted molar refractivity (Wildman–Crippen MR) is 20.2 cm³/mol. The summed E-state index contributed by atoms with van der Waals surface area (Å²) in [5.41, 5.74) is -2.37. The topological polar surface area (TPSA) is 80.3 Å². The Morgan fingerprint density at radius 2 is 1.00 bits per heavy atom. The van der Waals surface area contributed by atoms with Crippen LogP contribution in [0, 0.1) is 0 Å². The second-order valence-corrected chi connectivity index (χ2v) is 1.32. The van der Waals surface area contributed by atoms with Crippen molar-refractivity contribution in [2.24, 2.45) is 0 Å². The number of hydrogen-bond acceptors (Lipinski definition) is 4. The monoisotopic (exact) mass is 158 g/mol. The molecule has 0 aromatic heterocycles. The van der Waals surface area contributed by atoms with Gasteiger partial charge in [-0.05, 0) is 0 Å². The van der Waals surface area contributed by atoms with Gasteiger partial charge in [-0.15, -0.1) is 0 Å². The van der Waals surface area contributed by atoms with Gasteiger partial charge in [0.05, 0.1) is 0 Å². The third-order valence-electron chi connectivity index (χ3n) is 0.825. The molecule has 0 unspecified atom stereocenters. The van der Waals surface area contributed by atoms with Gasteiger partial charge in [0.25, 0.3) is 0 Å². The van der Waals surface area contributed by atoms with Crippen LogP contribution in [0.3, 0.4) is 0 Å². The van der Waals surface area contributed by atoms with E-state index in [2.05, 4.69) is 0 Å². The minimum absolute atomic E-state index is 0. The van der Waals surface area contributed by atoms with E-state index in [4.69, 9.17) is 0 Å². The molecule has 0 spiro atoms. The van der Waals surface area contributed by atoms with E-state index in [1.54, 1.807) is 0 Å². The van der Waals surface area contributed by atoms with Crippen LogP contribution in [0.25, 0.3) is 0 Å². The molecule has 0 N–H and O–H groups in total. The van der Waals surface area contributed by atoms with Gasteiger partial charge in [0.2, 0.25) is 10.9 Å². The Bertz CT molecular complexity index is 255. The SMILES string of the molecule is O=c1c([O-])c([O-])c1=O.[Na+].[Na+]. The van der Waals surface area contributed by atoms with Gasteiger partial charge < -0.3 is 10.2 Å². The summed E-state index contributed by atoms with van der Waals surface area (Å²) in [7, 11) is 0. The first-order valence-electron chi connectivity index (χ1n) is 1.82. The molecule has 0 atom stereocenters. The fourth-order valence-electron chi connectivity index (χ4n) is 0.350. The maximum absolute atomic E-state index is 9.85. The molecule has 42 valence electrons. The van der Waals surface area contributed by atoms with E-state index in [1.165, 1.54) is 0 Å². The molecule has 0 saturated carbocycles. The molecule has 10 heavy (non-hydrogen) atoms. The first-order valence-corrected chi connectivity index (χ1v) is 1.82. The van der Waals surface area contributed by atoms with Gasteiger partial charge in [-0.2, -0.15) is 0 Å². The van der Waals surface area contributed by atoms with Crippen molar-refractivity contribution in [3.8, 4) is 11.5 Å². The van der Waals surface area contributed by atoms with E-state index >= 15 is 0 Å². The largest absolute Gasteiger partial charge is 1.00 e. The predicted octanol–water partition coefficient (Wildman–Crippen LogP) is -8.56. The fourth-order valence-corrected chi connectivity index (χ4v) is 0.350. The number of hydrogen-bond donors (Lipinski definition) is 0. The van der Waals surface area contributed by atoms with Crippen molar-refractivity contribution in [1.82, 2.24) is 0 Å². The van der Waals surface area contributed by atoms with Crippen LogP contribution in [0.2, 0.25) is 0 Å². The molecule has 6 heteroatoms. The molecule has 0 bridgehead atoms. The van der Waals surface area contributed by atoms with Gasteiger partial charge in [-0.25, -0.2) is 0 Å². The van der Waals surface area contributed by atoms with Gasteiger partial charge in [0.15, 0.2) is 0 Å². The quantitative estimate of drug-likeness (QED) is 0.277. The van der Waals surface area contributed by atoms with Crippen molar-refractivity contribution in [3.05, 3.63) is 20.4 Å². The van der Waals surface area contributed by atoms with Crippen molar-refractivity contribution in [3.63, 3.8) is 0 Å². The Hall–Kier alpha value is 0.680. The summed E-state index contributed by atoms with van der Waals surface area (Å²) in [4.78, 5) is 19.7. The molecular formula is C4Na2O4. The molecule has 1 rings (SSSR count). The van der Waals surface area contributed by atoms with Gasteiger partial charge in [0, 0.05) is 0 Å². The molecule has 0 radical (unpaired) electrons. The van der Waals surface area contributed by atoms with E-state index < -0.39 is 22.4 Å². The fraction of sp³-hybridized carbons (Fsp3) is 0. The number of rotatable bonds is 0. The van der Waals surface area contributed by atoms with Gasteiger partial charge in [-0.1, -0.05) is 11.5 Å². The summed E-state index contributed by atoms with van der Waals surface area (Å²) in [5, 5.41) is 19.7. The molecule has 1 aromatic carbocycles. The second kappa shape index (κ2) is 4.54. The van der Waals surface area contributed by atoms with Crippen LogP contribution < -0.4 is 80.2 Å². The van der Waals surface area contributed by atoms with Crippen LogP contribution in [-0.2, 0) is 0 Å². The van der Waals surface area contributed by atoms with Crippen LogP contribution in [0.1, 0.15) is 0 Å². The molecule has 0 heterocycles. The average Bonchev–Trinajstić information content (AvgIpc) is 1.83. The Kier molecular flexibility index (Phi) is 6.03. The minimum atomic E-state index is -1.19. The molecule has 0 aliphatic rings. The van der Waals surface area contributed by atoms with E-state index in [0.717, 1.165) is 0 Å². The molecular weight excluding hydrogens is 158 g/mol. The Balaban J connectivity index is 0. The zero-order valence-corrected chi connectivity index (χ0v) is 9.63. The molecule has 0 saturated heterocycles. The zero-order chi connectivity index (χ0) is 6.31. The minimum Gasteiger partial charge on any atom is -0.870 e. The molecule has 0 fully saturated rings. The first kappa shape index (κ1) is 13.3. The van der Waals surface area contributed by atoms with Gasteiger partial charge in [-0.3, -0.25) is 9.59 Å². The molecule has 4 nitrogen and oxygen atoms in total. The van der Waals surface area contributed by atoms with E-state index in [0.29, 0.717) is 0 Å². The average molecular weight is 158 g/mol. The van der Waals surface area contributed by atoms with Crippen molar-refractivity contribution in [1.29, 1.82) is 0 Å². The van der Waals surface area contributed by atoms with E-state index in [1.807, 2.05) is 0 Å². The summed E-state index contributed by atoms with van der Waals surface area (Å²) in [5.74, 6) is -2.37. The molecule has 0 aliphatic heterocycles. The normalized spacial score (nSPS) is 8.00. The van der Waals surface area contributed by atoms with E-state index in [-0.39, 0.29) is 59.1 Å². The summed E-state index contributed by atoms with van der Waals surface area (Å²) < 4.78 is 0. The Morgan fingerprint density at radius 1 is 0.800 bits per heavy atom. The summed E-state index contributed by atoms with van der Waals surface area (Å²) >= 11 is 0. The van der Waals surface area contributed by atoms with Gasteiger partial charge >= 0.3 is 59.1 Å². The van der Waals surface area contributed by atoms with Crippen LogP contribution in [0.5, 0.6) is 11.5 Å². The maximum atomic E-state index is 9.85. The first-order chi connectivity index (χ1) is 3.64. The molecule has 1 aromatic rings. The molecule has 0 amide bonds. The summed E-state index contributed by atoms with van der Waals surface area (Å²) in [6.07, 6.45) is 0. The standard InChI is InChI=1S/C4H2O4.2Na/c5-1-2(6)4(8)3(1)7;;/h5-6H;;/q;2*+1/p-2. The summed E-state index contributed by atoms with van der Waals surface area (Å²) in [6, 6.07) is 0. The van der Waals surface area contributed by atoms with Crippen molar-refractivity contribution in [2.45, 2.75) is 0 Å². The van der Waals surface area contributed by atoms with Crippen molar-refractivity contribution in [2.75, 3.05) is 0 Å². The van der Waals surface area contributed by atoms with Crippen LogP contribution >= 0.6 is 0 Å². The third-order valence-corrected chi connectivity index (χ3v) is 0.825.